The first-order chi connectivity index (χ1) is 13.2. The fourth-order valence-electron chi connectivity index (χ4n) is 3.69. The molecule has 0 radical (unpaired) electrons. The van der Waals surface area contributed by atoms with Gasteiger partial charge in [0.2, 0.25) is 0 Å². The van der Waals surface area contributed by atoms with Gasteiger partial charge in [-0.2, -0.15) is 0 Å². The van der Waals surface area contributed by atoms with Gasteiger partial charge in [-0.25, -0.2) is 0 Å². The van der Waals surface area contributed by atoms with Crippen molar-refractivity contribution in [2.24, 2.45) is 0 Å². The van der Waals surface area contributed by atoms with Gasteiger partial charge in [0.1, 0.15) is 11.4 Å². The molecule has 1 saturated heterocycles. The minimum Gasteiger partial charge on any atom is -0.496 e. The van der Waals surface area contributed by atoms with E-state index in [-0.39, 0.29) is 18.4 Å². The zero-order valence-electron chi connectivity index (χ0n) is 15.2. The summed E-state index contributed by atoms with van der Waals surface area (Å²) in [6.45, 7) is 1.73. The number of carbonyl (C=O) groups is 2. The summed E-state index contributed by atoms with van der Waals surface area (Å²) in [4.78, 5) is 34.1. The summed E-state index contributed by atoms with van der Waals surface area (Å²) in [6, 6.07) is 12.8. The van der Waals surface area contributed by atoms with Gasteiger partial charge >= 0.3 is 0 Å². The van der Waals surface area contributed by atoms with Gasteiger partial charge in [0.15, 0.2) is 0 Å². The van der Waals surface area contributed by atoms with Crippen molar-refractivity contribution in [3.63, 3.8) is 0 Å². The molecule has 0 atom stereocenters. The largest absolute Gasteiger partial charge is 0.496 e. The number of pyridine rings is 1. The molecule has 27 heavy (non-hydrogen) atoms. The van der Waals surface area contributed by atoms with Gasteiger partial charge in [-0.3, -0.25) is 19.5 Å². The zero-order valence-corrected chi connectivity index (χ0v) is 15.2. The first-order valence-electron chi connectivity index (χ1n) is 9.09. The molecule has 0 saturated carbocycles. The highest BCUT2D eigenvalue weighted by atomic mass is 16.5. The van der Waals surface area contributed by atoms with Gasteiger partial charge in [0.05, 0.1) is 24.9 Å². The average Bonchev–Trinajstić information content (AvgIpc) is 3.31. The first-order valence-corrected chi connectivity index (χ1v) is 9.09. The molecule has 6 nitrogen and oxygen atoms in total. The Morgan fingerprint density at radius 1 is 1.00 bits per heavy atom. The fraction of sp³-hybridized carbons (Fsp3) is 0.286. The van der Waals surface area contributed by atoms with Crippen LogP contribution < -0.4 is 4.74 Å². The summed E-state index contributed by atoms with van der Waals surface area (Å²) < 4.78 is 5.46. The summed E-state index contributed by atoms with van der Waals surface area (Å²) in [5.41, 5.74) is 2.25. The molecule has 0 bridgehead atoms. The molecule has 1 fully saturated rings. The molecule has 3 heterocycles. The van der Waals surface area contributed by atoms with Crippen molar-refractivity contribution in [3.05, 3.63) is 65.6 Å². The predicted molar refractivity (Wildman–Crippen MR) is 101 cm³/mol. The molecule has 138 valence electrons. The van der Waals surface area contributed by atoms with Crippen LogP contribution in [-0.4, -0.2) is 46.8 Å². The highest BCUT2D eigenvalue weighted by molar-refractivity contribution is 6.35. The molecule has 2 aromatic rings. The number of imide groups is 1. The van der Waals surface area contributed by atoms with E-state index in [1.54, 1.807) is 13.3 Å². The topological polar surface area (TPSA) is 62.7 Å². The molecule has 0 spiro atoms. The number of methoxy groups -OCH3 is 1. The van der Waals surface area contributed by atoms with E-state index in [2.05, 4.69) is 4.98 Å². The van der Waals surface area contributed by atoms with E-state index in [4.69, 9.17) is 4.74 Å². The summed E-state index contributed by atoms with van der Waals surface area (Å²) in [5, 5.41) is 0. The number of benzene rings is 1. The minimum absolute atomic E-state index is 0.161. The molecule has 2 aliphatic rings. The summed E-state index contributed by atoms with van der Waals surface area (Å²) in [6.07, 6.45) is 3.70. The lowest BCUT2D eigenvalue weighted by atomic mass is 10.0. The monoisotopic (exact) mass is 363 g/mol. The molecule has 0 N–H and O–H groups in total. The number of ether oxygens (including phenoxy) is 1. The average molecular weight is 363 g/mol. The van der Waals surface area contributed by atoms with Crippen LogP contribution in [-0.2, 0) is 16.1 Å². The Kier molecular flexibility index (Phi) is 4.62. The first kappa shape index (κ1) is 17.3. The van der Waals surface area contributed by atoms with Crippen LogP contribution in [0.15, 0.2) is 54.4 Å². The Labute approximate surface area is 158 Å². The summed E-state index contributed by atoms with van der Waals surface area (Å²) >= 11 is 0. The molecule has 6 heteroatoms. The number of likely N-dealkylation sites (tertiary alicyclic amines) is 1. The van der Waals surface area contributed by atoms with E-state index in [9.17, 15) is 9.59 Å². The number of amides is 2. The van der Waals surface area contributed by atoms with E-state index in [1.165, 1.54) is 4.90 Å². The van der Waals surface area contributed by atoms with Crippen LogP contribution in [0.25, 0.3) is 5.57 Å². The Morgan fingerprint density at radius 2 is 1.74 bits per heavy atom. The molecule has 1 aromatic carbocycles. The number of hydrogen-bond acceptors (Lipinski definition) is 5. The molecule has 4 rings (SSSR count). The second-order valence-corrected chi connectivity index (χ2v) is 6.64. The number of hydrogen-bond donors (Lipinski definition) is 0. The maximum absolute atomic E-state index is 13.3. The van der Waals surface area contributed by atoms with Crippen LogP contribution in [0, 0.1) is 0 Å². The smallest absolute Gasteiger partial charge is 0.278 e. The second kappa shape index (κ2) is 7.23. The number of carbonyl (C=O) groups excluding carboxylic acids is 2. The lowest BCUT2D eigenvalue weighted by molar-refractivity contribution is -0.138. The van der Waals surface area contributed by atoms with Crippen molar-refractivity contribution >= 4 is 17.4 Å². The second-order valence-electron chi connectivity index (χ2n) is 6.64. The number of para-hydroxylation sites is 1. The number of rotatable bonds is 5. The molecular formula is C21H21N3O3. The third-order valence-electron chi connectivity index (χ3n) is 4.99. The van der Waals surface area contributed by atoms with Crippen molar-refractivity contribution in [3.8, 4) is 5.75 Å². The maximum Gasteiger partial charge on any atom is 0.278 e. The zero-order chi connectivity index (χ0) is 18.8. The number of nitrogens with zero attached hydrogens (tertiary/aromatic N) is 3. The van der Waals surface area contributed by atoms with E-state index in [1.807, 2.05) is 47.4 Å². The third-order valence-corrected chi connectivity index (χ3v) is 4.99. The van der Waals surface area contributed by atoms with Crippen LogP contribution in [0.5, 0.6) is 5.75 Å². The van der Waals surface area contributed by atoms with Crippen molar-refractivity contribution in [2.45, 2.75) is 19.4 Å². The fourth-order valence-corrected chi connectivity index (χ4v) is 3.69. The van der Waals surface area contributed by atoms with Crippen LogP contribution in [0.3, 0.4) is 0 Å². The Balaban J connectivity index is 1.78. The van der Waals surface area contributed by atoms with E-state index in [0.717, 1.165) is 25.9 Å². The molecular weight excluding hydrogens is 342 g/mol. The lowest BCUT2D eigenvalue weighted by Crippen LogP contribution is -2.34. The number of aromatic nitrogens is 1. The lowest BCUT2D eigenvalue weighted by Gasteiger charge is -2.20. The van der Waals surface area contributed by atoms with Gasteiger partial charge in [0, 0.05) is 24.8 Å². The van der Waals surface area contributed by atoms with Gasteiger partial charge in [-0.15, -0.1) is 0 Å². The normalized spacial score (nSPS) is 17.2. The Morgan fingerprint density at radius 3 is 2.44 bits per heavy atom. The third kappa shape index (κ3) is 3.07. The van der Waals surface area contributed by atoms with Gasteiger partial charge < -0.3 is 9.64 Å². The van der Waals surface area contributed by atoms with Crippen molar-refractivity contribution in [1.82, 2.24) is 14.8 Å². The standard InChI is InChI=1S/C21H21N3O3/c1-27-17-10-3-2-9-16(17)18-19(23-12-6-7-13-23)21(26)24(20(18)25)14-15-8-4-5-11-22-15/h2-5,8-11H,6-7,12-14H2,1H3. The quantitative estimate of drug-likeness (QED) is 0.764. The van der Waals surface area contributed by atoms with Crippen LogP contribution >= 0.6 is 0 Å². The minimum atomic E-state index is -0.294. The predicted octanol–water partition coefficient (Wildman–Crippen LogP) is 2.47. The molecule has 0 aliphatic carbocycles. The summed E-state index contributed by atoms with van der Waals surface area (Å²) in [5.74, 6) is 0.0375. The SMILES string of the molecule is COc1ccccc1C1=C(N2CCCC2)C(=O)N(Cc2ccccn2)C1=O. The molecule has 1 aromatic heterocycles. The van der Waals surface area contributed by atoms with Gasteiger partial charge in [-0.1, -0.05) is 24.3 Å². The summed E-state index contributed by atoms with van der Waals surface area (Å²) in [7, 11) is 1.57. The highest BCUT2D eigenvalue weighted by Gasteiger charge is 2.43. The van der Waals surface area contributed by atoms with Crippen molar-refractivity contribution in [2.75, 3.05) is 20.2 Å². The van der Waals surface area contributed by atoms with E-state index in [0.29, 0.717) is 28.3 Å². The molecule has 2 aliphatic heterocycles. The van der Waals surface area contributed by atoms with Crippen LogP contribution in [0.2, 0.25) is 0 Å². The molecule has 2 amide bonds. The van der Waals surface area contributed by atoms with Crippen molar-refractivity contribution in [1.29, 1.82) is 0 Å². The van der Waals surface area contributed by atoms with Gasteiger partial charge in [0.25, 0.3) is 11.8 Å². The Hall–Kier alpha value is -3.15. The maximum atomic E-state index is 13.3. The van der Waals surface area contributed by atoms with Crippen molar-refractivity contribution < 1.29 is 14.3 Å². The van der Waals surface area contributed by atoms with Crippen LogP contribution in [0.1, 0.15) is 24.1 Å². The highest BCUT2D eigenvalue weighted by Crippen LogP contribution is 2.37. The van der Waals surface area contributed by atoms with Gasteiger partial charge in [-0.05, 0) is 31.0 Å². The van der Waals surface area contributed by atoms with E-state index >= 15 is 0 Å². The Bertz CT molecular complexity index is 902. The van der Waals surface area contributed by atoms with Crippen LogP contribution in [0.4, 0.5) is 0 Å². The molecule has 0 unspecified atom stereocenters. The van der Waals surface area contributed by atoms with E-state index < -0.39 is 0 Å².